The first-order chi connectivity index (χ1) is 11.5. The molecule has 2 saturated heterocycles. The number of carbonyl (C=O) groups excluding carboxylic acids is 2. The molecule has 0 spiro atoms. The number of phenolic OH excluding ortho intramolecular Hbond substituents is 1. The van der Waals surface area contributed by atoms with E-state index in [0.29, 0.717) is 17.2 Å². The van der Waals surface area contributed by atoms with E-state index in [-0.39, 0.29) is 22.9 Å². The van der Waals surface area contributed by atoms with Crippen molar-refractivity contribution in [1.82, 2.24) is 9.80 Å². The average molecular weight is 348 g/mol. The molecule has 1 aromatic rings. The number of phenols is 1. The molecule has 1 N–H and O–H groups in total. The third-order valence-corrected chi connectivity index (χ3v) is 6.25. The normalized spacial score (nSPS) is 25.1. The second-order valence-electron chi connectivity index (χ2n) is 6.69. The third kappa shape index (κ3) is 3.24. The van der Waals surface area contributed by atoms with Crippen LogP contribution in [0.1, 0.15) is 37.6 Å². The van der Waals surface area contributed by atoms with E-state index in [1.807, 2.05) is 17.0 Å². The Bertz CT molecular complexity index is 628. The summed E-state index contributed by atoms with van der Waals surface area (Å²) in [6, 6.07) is 6.60. The van der Waals surface area contributed by atoms with Crippen molar-refractivity contribution in [2.75, 3.05) is 18.8 Å². The number of likely N-dealkylation sites (tertiary alicyclic amines) is 1. The van der Waals surface area contributed by atoms with Crippen molar-refractivity contribution in [2.24, 2.45) is 5.92 Å². The van der Waals surface area contributed by atoms with Gasteiger partial charge in [-0.3, -0.25) is 9.59 Å². The standard InChI is InChI=1S/C18H24N2O3S/c1-12-7-9-19(10-8-12)17(23)15-11-24-18(20(15)13(2)21)14-5-3-4-6-16(14)22/h3-6,12,15,18,22H,7-11H2,1-2H3/t15-,18+/m1/s1. The van der Waals surface area contributed by atoms with E-state index in [0.717, 1.165) is 25.9 Å². The van der Waals surface area contributed by atoms with Crippen molar-refractivity contribution in [3.63, 3.8) is 0 Å². The third-order valence-electron chi connectivity index (χ3n) is 4.95. The molecule has 2 heterocycles. The number of hydrogen-bond donors (Lipinski definition) is 1. The van der Waals surface area contributed by atoms with Gasteiger partial charge < -0.3 is 14.9 Å². The topological polar surface area (TPSA) is 60.9 Å². The van der Waals surface area contributed by atoms with Crippen LogP contribution in [0.15, 0.2) is 24.3 Å². The van der Waals surface area contributed by atoms with Crippen molar-refractivity contribution in [3.8, 4) is 5.75 Å². The fourth-order valence-electron chi connectivity index (χ4n) is 3.46. The lowest BCUT2D eigenvalue weighted by atomic mass is 9.98. The lowest BCUT2D eigenvalue weighted by molar-refractivity contribution is -0.144. The summed E-state index contributed by atoms with van der Waals surface area (Å²) in [6.45, 7) is 5.25. The fourth-order valence-corrected chi connectivity index (χ4v) is 4.96. The van der Waals surface area contributed by atoms with Gasteiger partial charge >= 0.3 is 0 Å². The van der Waals surface area contributed by atoms with E-state index >= 15 is 0 Å². The molecule has 2 aliphatic heterocycles. The maximum absolute atomic E-state index is 12.9. The van der Waals surface area contributed by atoms with Crippen LogP contribution in [0.2, 0.25) is 0 Å². The van der Waals surface area contributed by atoms with Crippen molar-refractivity contribution in [2.45, 2.75) is 38.1 Å². The Morgan fingerprint density at radius 1 is 1.21 bits per heavy atom. The minimum atomic E-state index is -0.439. The number of carbonyl (C=O) groups is 2. The first-order valence-corrected chi connectivity index (χ1v) is 9.51. The molecule has 0 aromatic heterocycles. The number of para-hydroxylation sites is 1. The van der Waals surface area contributed by atoms with Crippen LogP contribution in [-0.2, 0) is 9.59 Å². The van der Waals surface area contributed by atoms with Gasteiger partial charge in [0.25, 0.3) is 0 Å². The minimum Gasteiger partial charge on any atom is -0.508 e. The molecule has 0 radical (unpaired) electrons. The summed E-state index contributed by atoms with van der Waals surface area (Å²) in [6.07, 6.45) is 2.04. The smallest absolute Gasteiger partial charge is 0.246 e. The number of amides is 2. The highest BCUT2D eigenvalue weighted by molar-refractivity contribution is 7.99. The largest absolute Gasteiger partial charge is 0.508 e. The van der Waals surface area contributed by atoms with E-state index in [9.17, 15) is 14.7 Å². The summed E-state index contributed by atoms with van der Waals surface area (Å²) in [4.78, 5) is 28.7. The Morgan fingerprint density at radius 3 is 2.50 bits per heavy atom. The van der Waals surface area contributed by atoms with Crippen LogP contribution in [0.3, 0.4) is 0 Å². The van der Waals surface area contributed by atoms with E-state index in [1.54, 1.807) is 28.8 Å². The molecule has 3 rings (SSSR count). The van der Waals surface area contributed by atoms with Crippen LogP contribution in [0.5, 0.6) is 5.75 Å². The second kappa shape index (κ2) is 7.05. The number of thioether (sulfide) groups is 1. The zero-order valence-electron chi connectivity index (χ0n) is 14.1. The number of piperidine rings is 1. The SMILES string of the molecule is CC(=O)N1[C@@H](C(=O)N2CCC(C)CC2)CS[C@H]1c1ccccc1O. The molecule has 6 heteroatoms. The van der Waals surface area contributed by atoms with Crippen molar-refractivity contribution >= 4 is 23.6 Å². The second-order valence-corrected chi connectivity index (χ2v) is 7.81. The van der Waals surface area contributed by atoms with Crippen LogP contribution in [0.4, 0.5) is 0 Å². The molecule has 0 saturated carbocycles. The number of aromatic hydroxyl groups is 1. The van der Waals surface area contributed by atoms with Crippen LogP contribution < -0.4 is 0 Å². The molecule has 24 heavy (non-hydrogen) atoms. The molecule has 5 nitrogen and oxygen atoms in total. The van der Waals surface area contributed by atoms with Gasteiger partial charge in [0.1, 0.15) is 17.2 Å². The molecule has 130 valence electrons. The van der Waals surface area contributed by atoms with Gasteiger partial charge in [-0.2, -0.15) is 0 Å². The molecular formula is C18H24N2O3S. The molecule has 2 atom stereocenters. The highest BCUT2D eigenvalue weighted by Crippen LogP contribution is 2.44. The predicted molar refractivity (Wildman–Crippen MR) is 94.6 cm³/mol. The van der Waals surface area contributed by atoms with Gasteiger partial charge in [0.15, 0.2) is 0 Å². The Hall–Kier alpha value is -1.69. The monoisotopic (exact) mass is 348 g/mol. The Kier molecular flexibility index (Phi) is 5.04. The van der Waals surface area contributed by atoms with Gasteiger partial charge in [0.2, 0.25) is 11.8 Å². The quantitative estimate of drug-likeness (QED) is 0.892. The minimum absolute atomic E-state index is 0.0440. The molecular weight excluding hydrogens is 324 g/mol. The molecule has 0 bridgehead atoms. The van der Waals surface area contributed by atoms with Crippen molar-refractivity contribution in [1.29, 1.82) is 0 Å². The first kappa shape index (κ1) is 17.1. The van der Waals surface area contributed by atoms with Gasteiger partial charge in [0.05, 0.1) is 0 Å². The lowest BCUT2D eigenvalue weighted by Crippen LogP contribution is -2.50. The summed E-state index contributed by atoms with van der Waals surface area (Å²) < 4.78 is 0. The molecule has 0 unspecified atom stereocenters. The Labute approximate surface area is 147 Å². The van der Waals surface area contributed by atoms with Crippen molar-refractivity contribution < 1.29 is 14.7 Å². The van der Waals surface area contributed by atoms with Crippen LogP contribution in [0.25, 0.3) is 0 Å². The molecule has 1 aromatic carbocycles. The molecule has 0 aliphatic carbocycles. The van der Waals surface area contributed by atoms with E-state index in [4.69, 9.17) is 0 Å². The van der Waals surface area contributed by atoms with Gasteiger partial charge in [-0.15, -0.1) is 11.8 Å². The predicted octanol–water partition coefficient (Wildman–Crippen LogP) is 2.61. The summed E-state index contributed by atoms with van der Waals surface area (Å²) >= 11 is 1.54. The highest BCUT2D eigenvalue weighted by Gasteiger charge is 2.43. The summed E-state index contributed by atoms with van der Waals surface area (Å²) in [5.74, 6) is 1.31. The Balaban J connectivity index is 1.81. The maximum atomic E-state index is 12.9. The van der Waals surface area contributed by atoms with E-state index < -0.39 is 6.04 Å². The zero-order valence-corrected chi connectivity index (χ0v) is 15.0. The summed E-state index contributed by atoms with van der Waals surface area (Å²) in [7, 11) is 0. The molecule has 2 aliphatic rings. The number of nitrogens with zero attached hydrogens (tertiary/aromatic N) is 2. The van der Waals surface area contributed by atoms with Gasteiger partial charge in [-0.1, -0.05) is 25.1 Å². The van der Waals surface area contributed by atoms with Crippen LogP contribution in [0, 0.1) is 5.92 Å². The summed E-state index contributed by atoms with van der Waals surface area (Å²) in [5, 5.41) is 9.82. The molecule has 2 fully saturated rings. The number of rotatable bonds is 2. The van der Waals surface area contributed by atoms with Crippen LogP contribution >= 0.6 is 11.8 Å². The van der Waals surface area contributed by atoms with Gasteiger partial charge in [0, 0.05) is 31.3 Å². The summed E-state index contributed by atoms with van der Waals surface area (Å²) in [5.41, 5.74) is 0.695. The Morgan fingerprint density at radius 2 is 1.88 bits per heavy atom. The lowest BCUT2D eigenvalue weighted by Gasteiger charge is -2.35. The van der Waals surface area contributed by atoms with Gasteiger partial charge in [-0.05, 0) is 24.8 Å². The van der Waals surface area contributed by atoms with Crippen LogP contribution in [-0.4, -0.2) is 51.6 Å². The van der Waals surface area contributed by atoms with Gasteiger partial charge in [-0.25, -0.2) is 0 Å². The molecule has 2 amide bonds. The highest BCUT2D eigenvalue weighted by atomic mass is 32.2. The first-order valence-electron chi connectivity index (χ1n) is 8.46. The van der Waals surface area contributed by atoms with E-state index in [2.05, 4.69) is 6.92 Å². The van der Waals surface area contributed by atoms with Crippen molar-refractivity contribution in [3.05, 3.63) is 29.8 Å². The fraction of sp³-hybridized carbons (Fsp3) is 0.556. The number of hydrogen-bond acceptors (Lipinski definition) is 4. The average Bonchev–Trinajstić information content (AvgIpc) is 3.00. The maximum Gasteiger partial charge on any atom is 0.246 e. The van der Waals surface area contributed by atoms with E-state index in [1.165, 1.54) is 6.92 Å². The zero-order chi connectivity index (χ0) is 17.3. The number of benzene rings is 1.